The second-order valence-corrected chi connectivity index (χ2v) is 5.51. The van der Waals surface area contributed by atoms with E-state index >= 15 is 0 Å². The minimum atomic E-state index is 0.677. The van der Waals surface area contributed by atoms with Gasteiger partial charge in [0.1, 0.15) is 0 Å². The molecular weight excluding hydrogens is 230 g/mol. The van der Waals surface area contributed by atoms with Crippen LogP contribution >= 0.6 is 12.6 Å². The van der Waals surface area contributed by atoms with Crippen molar-refractivity contribution >= 4 is 12.6 Å². The lowest BCUT2D eigenvalue weighted by Crippen LogP contribution is -2.41. The Bertz CT molecular complexity index is 172. The number of nitrogens with zero attached hydrogens (tertiary/aromatic N) is 1. The predicted octanol–water partition coefficient (Wildman–Crippen LogP) is 3.33. The third-order valence-electron chi connectivity index (χ3n) is 3.69. The van der Waals surface area contributed by atoms with Gasteiger partial charge in [0.25, 0.3) is 0 Å². The van der Waals surface area contributed by atoms with Crippen LogP contribution in [0.1, 0.15) is 40.5 Å². The monoisotopic (exact) mass is 261 g/mol. The van der Waals surface area contributed by atoms with Crippen LogP contribution in [0.5, 0.6) is 0 Å². The quantitative estimate of drug-likeness (QED) is 0.606. The molecule has 0 N–H and O–H groups in total. The van der Waals surface area contributed by atoms with Crippen LogP contribution in [-0.2, 0) is 4.74 Å². The Kier molecular flexibility index (Phi) is 10.4. The zero-order chi connectivity index (χ0) is 13.3. The summed E-state index contributed by atoms with van der Waals surface area (Å²) >= 11 is 4.49. The number of rotatable bonds is 10. The zero-order valence-electron chi connectivity index (χ0n) is 12.3. The van der Waals surface area contributed by atoms with E-state index in [0.29, 0.717) is 17.9 Å². The SMILES string of the molecule is CCC(CC)N(CCOC)CC(CS)C(C)C. The normalized spacial score (nSPS) is 13.9. The van der Waals surface area contributed by atoms with Crippen molar-refractivity contribution in [1.29, 1.82) is 0 Å². The maximum absolute atomic E-state index is 5.23. The predicted molar refractivity (Wildman–Crippen MR) is 80.0 cm³/mol. The largest absolute Gasteiger partial charge is 0.383 e. The Morgan fingerprint density at radius 3 is 2.12 bits per heavy atom. The highest BCUT2D eigenvalue weighted by atomic mass is 32.1. The van der Waals surface area contributed by atoms with Crippen LogP contribution < -0.4 is 0 Å². The first-order valence-corrected chi connectivity index (χ1v) is 7.57. The molecule has 0 aromatic carbocycles. The lowest BCUT2D eigenvalue weighted by Gasteiger charge is -2.34. The molecule has 0 aliphatic rings. The second-order valence-electron chi connectivity index (χ2n) is 5.14. The Balaban J connectivity index is 4.43. The molecule has 1 unspecified atom stereocenters. The second kappa shape index (κ2) is 10.2. The molecule has 3 heteroatoms. The fourth-order valence-electron chi connectivity index (χ4n) is 2.22. The van der Waals surface area contributed by atoms with Crippen molar-refractivity contribution in [3.05, 3.63) is 0 Å². The Hall–Kier alpha value is 0.270. The molecule has 17 heavy (non-hydrogen) atoms. The highest BCUT2D eigenvalue weighted by molar-refractivity contribution is 7.80. The van der Waals surface area contributed by atoms with E-state index < -0.39 is 0 Å². The number of methoxy groups -OCH3 is 1. The Morgan fingerprint density at radius 2 is 1.76 bits per heavy atom. The fourth-order valence-corrected chi connectivity index (χ4v) is 2.75. The molecule has 0 saturated carbocycles. The third-order valence-corrected chi connectivity index (χ3v) is 4.16. The number of hydrogen-bond acceptors (Lipinski definition) is 3. The van der Waals surface area contributed by atoms with Gasteiger partial charge in [-0.2, -0.15) is 12.6 Å². The van der Waals surface area contributed by atoms with E-state index in [4.69, 9.17) is 4.74 Å². The molecular formula is C14H31NOS. The van der Waals surface area contributed by atoms with Gasteiger partial charge in [0, 0.05) is 26.2 Å². The molecule has 0 fully saturated rings. The van der Waals surface area contributed by atoms with Crippen molar-refractivity contribution in [2.75, 3.05) is 32.6 Å². The molecule has 0 bridgehead atoms. The summed E-state index contributed by atoms with van der Waals surface area (Å²) in [6.07, 6.45) is 2.44. The molecule has 0 aliphatic carbocycles. The van der Waals surface area contributed by atoms with Crippen LogP contribution in [0.4, 0.5) is 0 Å². The van der Waals surface area contributed by atoms with Crippen molar-refractivity contribution in [3.63, 3.8) is 0 Å². The van der Waals surface area contributed by atoms with Crippen LogP contribution in [-0.4, -0.2) is 43.5 Å². The molecule has 0 aromatic heterocycles. The van der Waals surface area contributed by atoms with Gasteiger partial charge in [-0.1, -0.05) is 27.7 Å². The summed E-state index contributed by atoms with van der Waals surface area (Å²) in [7, 11) is 1.78. The Labute approximate surface area is 114 Å². The number of ether oxygens (including phenoxy) is 1. The highest BCUT2D eigenvalue weighted by Crippen LogP contribution is 2.18. The topological polar surface area (TPSA) is 12.5 Å². The average molecular weight is 261 g/mol. The average Bonchev–Trinajstić information content (AvgIpc) is 2.32. The summed E-state index contributed by atoms with van der Waals surface area (Å²) < 4.78 is 5.23. The zero-order valence-corrected chi connectivity index (χ0v) is 13.2. The third kappa shape index (κ3) is 6.68. The van der Waals surface area contributed by atoms with Crippen LogP contribution in [0.3, 0.4) is 0 Å². The molecule has 0 rings (SSSR count). The van der Waals surface area contributed by atoms with Gasteiger partial charge in [0.05, 0.1) is 6.61 Å². The van der Waals surface area contributed by atoms with Gasteiger partial charge in [-0.25, -0.2) is 0 Å². The van der Waals surface area contributed by atoms with Gasteiger partial charge in [0.15, 0.2) is 0 Å². The summed E-state index contributed by atoms with van der Waals surface area (Å²) in [6, 6.07) is 0.686. The highest BCUT2D eigenvalue weighted by Gasteiger charge is 2.20. The van der Waals surface area contributed by atoms with Gasteiger partial charge in [-0.05, 0) is 30.4 Å². The van der Waals surface area contributed by atoms with Crippen molar-refractivity contribution < 1.29 is 4.74 Å². The Morgan fingerprint density at radius 1 is 1.18 bits per heavy atom. The van der Waals surface area contributed by atoms with Crippen LogP contribution in [0.15, 0.2) is 0 Å². The summed E-state index contributed by atoms with van der Waals surface area (Å²) in [5.41, 5.74) is 0. The minimum Gasteiger partial charge on any atom is -0.383 e. The van der Waals surface area contributed by atoms with Gasteiger partial charge < -0.3 is 4.74 Å². The standard InChI is InChI=1S/C14H31NOS/c1-6-14(7-2)15(8-9-16-5)10-13(11-17)12(3)4/h12-14,17H,6-11H2,1-5H3. The first kappa shape index (κ1) is 17.3. The molecule has 104 valence electrons. The number of thiol groups is 1. The van der Waals surface area contributed by atoms with E-state index in [-0.39, 0.29) is 0 Å². The van der Waals surface area contributed by atoms with E-state index in [1.165, 1.54) is 12.8 Å². The fraction of sp³-hybridized carbons (Fsp3) is 1.00. The van der Waals surface area contributed by atoms with Gasteiger partial charge >= 0.3 is 0 Å². The molecule has 2 nitrogen and oxygen atoms in total. The summed E-state index contributed by atoms with van der Waals surface area (Å²) in [4.78, 5) is 2.59. The lowest BCUT2D eigenvalue weighted by molar-refractivity contribution is 0.0973. The molecule has 0 saturated heterocycles. The van der Waals surface area contributed by atoms with E-state index in [1.807, 2.05) is 0 Å². The molecule has 0 aromatic rings. The van der Waals surface area contributed by atoms with Crippen LogP contribution in [0.2, 0.25) is 0 Å². The maximum atomic E-state index is 5.23. The van der Waals surface area contributed by atoms with Gasteiger partial charge in [0.2, 0.25) is 0 Å². The summed E-state index contributed by atoms with van der Waals surface area (Å²) in [5, 5.41) is 0. The molecule has 1 atom stereocenters. The summed E-state index contributed by atoms with van der Waals surface area (Å²) in [5.74, 6) is 2.35. The van der Waals surface area contributed by atoms with E-state index in [1.54, 1.807) is 7.11 Å². The molecule has 0 heterocycles. The maximum Gasteiger partial charge on any atom is 0.0589 e. The first-order chi connectivity index (χ1) is 8.10. The van der Waals surface area contributed by atoms with Crippen LogP contribution in [0, 0.1) is 11.8 Å². The van der Waals surface area contributed by atoms with E-state index in [9.17, 15) is 0 Å². The number of hydrogen-bond donors (Lipinski definition) is 1. The minimum absolute atomic E-state index is 0.677. The smallest absolute Gasteiger partial charge is 0.0589 e. The first-order valence-electron chi connectivity index (χ1n) is 6.94. The van der Waals surface area contributed by atoms with E-state index in [0.717, 1.165) is 25.4 Å². The van der Waals surface area contributed by atoms with E-state index in [2.05, 4.69) is 45.2 Å². The molecule has 0 amide bonds. The molecule has 0 spiro atoms. The van der Waals surface area contributed by atoms with Gasteiger partial charge in [-0.15, -0.1) is 0 Å². The molecule has 0 aliphatic heterocycles. The van der Waals surface area contributed by atoms with Crippen molar-refractivity contribution in [1.82, 2.24) is 4.90 Å². The summed E-state index contributed by atoms with van der Waals surface area (Å²) in [6.45, 7) is 12.2. The van der Waals surface area contributed by atoms with Crippen molar-refractivity contribution in [2.24, 2.45) is 11.8 Å². The van der Waals surface area contributed by atoms with Crippen molar-refractivity contribution in [3.8, 4) is 0 Å². The molecule has 0 radical (unpaired) electrons. The van der Waals surface area contributed by atoms with Crippen molar-refractivity contribution in [2.45, 2.75) is 46.6 Å². The lowest BCUT2D eigenvalue weighted by atomic mass is 9.96. The van der Waals surface area contributed by atoms with Crippen LogP contribution in [0.25, 0.3) is 0 Å². The van der Waals surface area contributed by atoms with Gasteiger partial charge in [-0.3, -0.25) is 4.90 Å².